The molecule has 158 valence electrons. The molecule has 0 fully saturated rings. The first-order valence-corrected chi connectivity index (χ1v) is 11.5. The molecule has 0 N–H and O–H groups in total. The molecule has 1 aliphatic heterocycles. The molecule has 0 amide bonds. The maximum Gasteiger partial charge on any atom is 0.131 e. The fourth-order valence-electron chi connectivity index (χ4n) is 3.91. The van der Waals surface area contributed by atoms with Gasteiger partial charge in [0, 0.05) is 22.6 Å². The lowest BCUT2D eigenvalue weighted by atomic mass is 9.93. The fraction of sp³-hybridized carbons (Fsp3) is 0.417. The molecule has 0 aromatic heterocycles. The number of aryl methyl sites for hydroxylation is 1. The first kappa shape index (κ1) is 22.7. The molecule has 1 aromatic rings. The smallest absolute Gasteiger partial charge is 0.131 e. The van der Waals surface area contributed by atoms with E-state index in [-0.39, 0.29) is 11.4 Å². The van der Waals surface area contributed by atoms with Crippen molar-refractivity contribution in [3.8, 4) is 11.8 Å². The topological polar surface area (TPSA) is 48.6 Å². The monoisotopic (exact) mass is 487 g/mol. The highest BCUT2D eigenvalue weighted by Crippen LogP contribution is 2.31. The molecular weight excluding hydrogens is 462 g/mol. The van der Waals surface area contributed by atoms with Gasteiger partial charge in [0.05, 0.1) is 31.5 Å². The average Bonchev–Trinajstić information content (AvgIpc) is 3.20. The quantitative estimate of drug-likeness (QED) is 0.358. The second-order valence-electron chi connectivity index (χ2n) is 7.47. The Morgan fingerprint density at radius 1 is 1.37 bits per heavy atom. The third-order valence-corrected chi connectivity index (χ3v) is 6.38. The summed E-state index contributed by atoms with van der Waals surface area (Å²) in [5.41, 5.74) is 3.39. The molecule has 0 saturated carbocycles. The molecule has 0 radical (unpaired) electrons. The van der Waals surface area contributed by atoms with Crippen molar-refractivity contribution in [2.75, 3.05) is 20.2 Å². The molecule has 6 heteroatoms. The van der Waals surface area contributed by atoms with Crippen LogP contribution in [0.3, 0.4) is 0 Å². The summed E-state index contributed by atoms with van der Waals surface area (Å²) in [6.45, 7) is 3.67. The fourth-order valence-corrected chi connectivity index (χ4v) is 4.65. The van der Waals surface area contributed by atoms with Crippen LogP contribution in [0, 0.1) is 11.3 Å². The third-order valence-electron chi connectivity index (χ3n) is 5.48. The summed E-state index contributed by atoms with van der Waals surface area (Å²) >= 11 is 10.4. The number of hydrogen-bond acceptors (Lipinski definition) is 4. The first-order valence-electron chi connectivity index (χ1n) is 10.3. The van der Waals surface area contributed by atoms with E-state index >= 15 is 0 Å². The number of allylic oxidation sites excluding steroid dienone is 4. The van der Waals surface area contributed by atoms with Gasteiger partial charge >= 0.3 is 0 Å². The Morgan fingerprint density at radius 2 is 2.20 bits per heavy atom. The maximum absolute atomic E-state index is 9.16. The van der Waals surface area contributed by atoms with E-state index in [9.17, 15) is 0 Å². The number of rotatable bonds is 7. The van der Waals surface area contributed by atoms with Crippen molar-refractivity contribution in [3.05, 3.63) is 63.7 Å². The van der Waals surface area contributed by atoms with Gasteiger partial charge in [-0.05, 0) is 55.5 Å². The van der Waals surface area contributed by atoms with E-state index in [1.165, 1.54) is 0 Å². The van der Waals surface area contributed by atoms with Gasteiger partial charge in [0.15, 0.2) is 0 Å². The van der Waals surface area contributed by atoms with Crippen molar-refractivity contribution in [2.45, 2.75) is 44.0 Å². The van der Waals surface area contributed by atoms with Gasteiger partial charge in [0.1, 0.15) is 11.6 Å². The van der Waals surface area contributed by atoms with E-state index in [1.54, 1.807) is 7.11 Å². The number of nitrogens with zero attached hydrogens (tertiary/aromatic N) is 3. The molecule has 0 bridgehead atoms. The van der Waals surface area contributed by atoms with E-state index in [2.05, 4.69) is 64.2 Å². The summed E-state index contributed by atoms with van der Waals surface area (Å²) < 4.78 is 6.58. The van der Waals surface area contributed by atoms with Gasteiger partial charge < -0.3 is 9.64 Å². The Hall–Kier alpha value is -2.03. The van der Waals surface area contributed by atoms with Crippen molar-refractivity contribution in [2.24, 2.45) is 4.99 Å². The van der Waals surface area contributed by atoms with Gasteiger partial charge in [-0.3, -0.25) is 4.99 Å². The molecule has 2 atom stereocenters. The zero-order valence-corrected chi connectivity index (χ0v) is 19.8. The van der Waals surface area contributed by atoms with E-state index in [4.69, 9.17) is 26.6 Å². The minimum Gasteiger partial charge on any atom is -0.496 e. The van der Waals surface area contributed by atoms with E-state index in [1.807, 2.05) is 12.1 Å². The number of hydrogen-bond donors (Lipinski definition) is 0. The van der Waals surface area contributed by atoms with Crippen LogP contribution in [0.25, 0.3) is 0 Å². The Kier molecular flexibility index (Phi) is 8.18. The molecule has 1 aliphatic carbocycles. The number of amidine groups is 1. The van der Waals surface area contributed by atoms with Crippen molar-refractivity contribution < 1.29 is 4.74 Å². The molecule has 30 heavy (non-hydrogen) atoms. The highest BCUT2D eigenvalue weighted by Gasteiger charge is 2.27. The lowest BCUT2D eigenvalue weighted by Crippen LogP contribution is -2.37. The number of methoxy groups -OCH3 is 1. The second-order valence-corrected chi connectivity index (χ2v) is 8.86. The molecule has 2 aliphatic rings. The van der Waals surface area contributed by atoms with Crippen LogP contribution in [0.5, 0.6) is 5.75 Å². The van der Waals surface area contributed by atoms with Crippen LogP contribution in [0.15, 0.2) is 63.1 Å². The first-order chi connectivity index (χ1) is 14.5. The number of ether oxygens (including phenoxy) is 1. The molecule has 4 nitrogen and oxygen atoms in total. The van der Waals surface area contributed by atoms with Crippen LogP contribution < -0.4 is 4.74 Å². The summed E-state index contributed by atoms with van der Waals surface area (Å²) in [6, 6.07) is 8.48. The standard InChI is InChI=1S/C24H27BrClN3O/c1-17(12-13-27)29-15-14-28-24(29)21-6-4-3-5-7-22(26)20(21)10-8-18-16-19(25)9-11-23(18)30-2/h4-7,9,11,16-17,22H,3,8,10,12,14-15H2,1-2H3/b6-4?,7-5?,21-20+. The predicted molar refractivity (Wildman–Crippen MR) is 127 cm³/mol. The van der Waals surface area contributed by atoms with Gasteiger partial charge in [-0.1, -0.05) is 40.2 Å². The summed E-state index contributed by atoms with van der Waals surface area (Å²) in [6.07, 6.45) is 11.4. The van der Waals surface area contributed by atoms with Crippen molar-refractivity contribution in [1.82, 2.24) is 4.90 Å². The van der Waals surface area contributed by atoms with E-state index in [0.29, 0.717) is 6.42 Å². The molecule has 1 aromatic carbocycles. The number of nitriles is 1. The van der Waals surface area contributed by atoms with Crippen LogP contribution in [0.4, 0.5) is 0 Å². The van der Waals surface area contributed by atoms with Crippen LogP contribution in [-0.2, 0) is 6.42 Å². The minimum absolute atomic E-state index is 0.123. The van der Waals surface area contributed by atoms with Crippen LogP contribution in [0.2, 0.25) is 0 Å². The third kappa shape index (κ3) is 5.36. The summed E-state index contributed by atoms with van der Waals surface area (Å²) in [4.78, 5) is 7.06. The van der Waals surface area contributed by atoms with Crippen LogP contribution >= 0.6 is 27.5 Å². The Labute approximate surface area is 192 Å². The van der Waals surface area contributed by atoms with E-state index < -0.39 is 0 Å². The Morgan fingerprint density at radius 3 is 2.97 bits per heavy atom. The van der Waals surface area contributed by atoms with Gasteiger partial charge in [0.2, 0.25) is 0 Å². The predicted octanol–water partition coefficient (Wildman–Crippen LogP) is 5.83. The maximum atomic E-state index is 9.16. The largest absolute Gasteiger partial charge is 0.496 e. The number of aliphatic imine (C=N–C) groups is 1. The van der Waals surface area contributed by atoms with Gasteiger partial charge in [0.25, 0.3) is 0 Å². The average molecular weight is 489 g/mol. The van der Waals surface area contributed by atoms with E-state index in [0.717, 1.165) is 65.1 Å². The highest BCUT2D eigenvalue weighted by molar-refractivity contribution is 9.10. The lowest BCUT2D eigenvalue weighted by Gasteiger charge is -2.29. The molecular formula is C24H27BrClN3O. The summed E-state index contributed by atoms with van der Waals surface area (Å²) in [7, 11) is 1.70. The molecule has 0 spiro atoms. The molecule has 0 saturated heterocycles. The SMILES string of the molecule is COc1ccc(Br)cc1CC/C1=C(\C2=NCCN2C(C)CC#N)C=CCC=CC1Cl. The van der Waals surface area contributed by atoms with Crippen molar-refractivity contribution >= 4 is 33.4 Å². The number of benzene rings is 1. The van der Waals surface area contributed by atoms with Crippen molar-refractivity contribution in [1.29, 1.82) is 5.26 Å². The summed E-state index contributed by atoms with van der Waals surface area (Å²) in [5, 5.41) is 8.97. The van der Waals surface area contributed by atoms with Gasteiger partial charge in [-0.2, -0.15) is 5.26 Å². The highest BCUT2D eigenvalue weighted by atomic mass is 79.9. The number of alkyl halides is 1. The molecule has 2 unspecified atom stereocenters. The lowest BCUT2D eigenvalue weighted by molar-refractivity contribution is 0.362. The number of halogens is 2. The van der Waals surface area contributed by atoms with Crippen molar-refractivity contribution in [3.63, 3.8) is 0 Å². The Balaban J connectivity index is 1.96. The van der Waals surface area contributed by atoms with Crippen LogP contribution in [-0.4, -0.2) is 42.4 Å². The molecule has 1 heterocycles. The van der Waals surface area contributed by atoms with Gasteiger partial charge in [-0.25, -0.2) is 0 Å². The zero-order chi connectivity index (χ0) is 21.5. The molecule has 3 rings (SSSR count). The summed E-state index contributed by atoms with van der Waals surface area (Å²) in [5.74, 6) is 1.84. The Bertz CT molecular complexity index is 929. The normalized spacial score (nSPS) is 22.3. The van der Waals surface area contributed by atoms with Gasteiger partial charge in [-0.15, -0.1) is 11.6 Å². The second kappa shape index (κ2) is 10.8. The zero-order valence-electron chi connectivity index (χ0n) is 17.4. The minimum atomic E-state index is -0.195. The van der Waals surface area contributed by atoms with Crippen LogP contribution in [0.1, 0.15) is 31.7 Å².